The van der Waals surface area contributed by atoms with E-state index in [0.29, 0.717) is 6.42 Å². The fourth-order valence-electron chi connectivity index (χ4n) is 4.36. The molecule has 0 unspecified atom stereocenters. The number of fused-ring (bicyclic) bond motifs is 1. The zero-order chi connectivity index (χ0) is 20.1. The van der Waals surface area contributed by atoms with Gasteiger partial charge in [0.2, 0.25) is 5.91 Å². The Bertz CT molecular complexity index is 814. The first-order valence-corrected chi connectivity index (χ1v) is 11.7. The smallest absolute Gasteiger partial charge is 0.263 e. The highest BCUT2D eigenvalue weighted by atomic mass is 32.1. The predicted molar refractivity (Wildman–Crippen MR) is 117 cm³/mol. The van der Waals surface area contributed by atoms with E-state index in [9.17, 15) is 9.59 Å². The summed E-state index contributed by atoms with van der Waals surface area (Å²) in [6.07, 6.45) is 9.01. The first kappa shape index (κ1) is 20.1. The number of carbonyl (C=O) groups is 2. The Morgan fingerprint density at radius 1 is 1.03 bits per heavy atom. The van der Waals surface area contributed by atoms with E-state index >= 15 is 0 Å². The van der Waals surface area contributed by atoms with E-state index < -0.39 is 0 Å². The minimum atomic E-state index is 0.112. The van der Waals surface area contributed by atoms with Crippen LogP contribution in [0.25, 0.3) is 0 Å². The third-order valence-electron chi connectivity index (χ3n) is 6.09. The fourth-order valence-corrected chi connectivity index (χ4v) is 5.58. The van der Waals surface area contributed by atoms with Gasteiger partial charge in [0.25, 0.3) is 5.91 Å². The van der Waals surface area contributed by atoms with Crippen molar-refractivity contribution >= 4 is 23.2 Å². The molecule has 1 aromatic heterocycles. The second-order valence-corrected chi connectivity index (χ2v) is 9.38. The highest BCUT2D eigenvalue weighted by molar-refractivity contribution is 7.14. The second kappa shape index (κ2) is 9.57. The van der Waals surface area contributed by atoms with Gasteiger partial charge in [-0.05, 0) is 62.1 Å². The molecular formula is C24H30N2O2S. The minimum Gasteiger partial charge on any atom is -0.353 e. The first-order chi connectivity index (χ1) is 14.2. The largest absolute Gasteiger partial charge is 0.353 e. The number of amides is 2. The van der Waals surface area contributed by atoms with Crippen molar-refractivity contribution in [1.82, 2.24) is 10.2 Å². The van der Waals surface area contributed by atoms with Gasteiger partial charge >= 0.3 is 0 Å². The monoisotopic (exact) mass is 410 g/mol. The molecule has 2 aromatic rings. The summed E-state index contributed by atoms with van der Waals surface area (Å²) < 4.78 is 0. The molecule has 1 saturated heterocycles. The van der Waals surface area contributed by atoms with Crippen LogP contribution in [0.2, 0.25) is 0 Å². The lowest BCUT2D eigenvalue weighted by Crippen LogP contribution is -2.46. The van der Waals surface area contributed by atoms with Crippen LogP contribution in [-0.4, -0.2) is 35.8 Å². The van der Waals surface area contributed by atoms with Crippen molar-refractivity contribution in [2.24, 2.45) is 0 Å². The van der Waals surface area contributed by atoms with E-state index in [-0.39, 0.29) is 17.9 Å². The number of nitrogens with zero attached hydrogens (tertiary/aromatic N) is 1. The van der Waals surface area contributed by atoms with Gasteiger partial charge in [-0.3, -0.25) is 9.59 Å². The van der Waals surface area contributed by atoms with Crippen LogP contribution >= 0.6 is 11.3 Å². The van der Waals surface area contributed by atoms with Crippen LogP contribution in [0.3, 0.4) is 0 Å². The zero-order valence-corrected chi connectivity index (χ0v) is 17.8. The highest BCUT2D eigenvalue weighted by Gasteiger charge is 2.26. The lowest BCUT2D eigenvalue weighted by Gasteiger charge is -2.32. The van der Waals surface area contributed by atoms with Gasteiger partial charge in [-0.25, -0.2) is 0 Å². The maximum Gasteiger partial charge on any atom is 0.263 e. The first-order valence-electron chi connectivity index (χ1n) is 10.9. The molecule has 154 valence electrons. The van der Waals surface area contributed by atoms with Gasteiger partial charge in [0.05, 0.1) is 4.88 Å². The molecule has 0 atom stereocenters. The van der Waals surface area contributed by atoms with Gasteiger partial charge in [0.15, 0.2) is 0 Å². The zero-order valence-electron chi connectivity index (χ0n) is 17.0. The van der Waals surface area contributed by atoms with Crippen LogP contribution in [0.4, 0.5) is 0 Å². The number of carbonyl (C=O) groups excluding carboxylic acids is 2. The maximum atomic E-state index is 12.9. The molecule has 1 N–H and O–H groups in total. The summed E-state index contributed by atoms with van der Waals surface area (Å²) in [5, 5.41) is 3.16. The normalized spacial score (nSPS) is 17.4. The Morgan fingerprint density at radius 3 is 2.59 bits per heavy atom. The van der Waals surface area contributed by atoms with Gasteiger partial charge in [-0.1, -0.05) is 36.8 Å². The third kappa shape index (κ3) is 5.27. The molecule has 1 fully saturated rings. The van der Waals surface area contributed by atoms with Gasteiger partial charge in [-0.2, -0.15) is 0 Å². The molecule has 1 aliphatic heterocycles. The van der Waals surface area contributed by atoms with Crippen molar-refractivity contribution < 1.29 is 9.59 Å². The molecule has 5 heteroatoms. The molecule has 0 bridgehead atoms. The van der Waals surface area contributed by atoms with Crippen LogP contribution in [0.1, 0.15) is 64.2 Å². The van der Waals surface area contributed by atoms with Crippen LogP contribution in [0, 0.1) is 0 Å². The summed E-state index contributed by atoms with van der Waals surface area (Å²) in [6.45, 7) is 1.45. The van der Waals surface area contributed by atoms with Gasteiger partial charge < -0.3 is 10.2 Å². The second-order valence-electron chi connectivity index (χ2n) is 8.24. The summed E-state index contributed by atoms with van der Waals surface area (Å²) in [7, 11) is 0. The topological polar surface area (TPSA) is 49.4 Å². The average molecular weight is 411 g/mol. The number of hydrogen-bond acceptors (Lipinski definition) is 3. The number of thiophene rings is 1. The number of likely N-dealkylation sites (tertiary alicyclic amines) is 1. The molecule has 4 nitrogen and oxygen atoms in total. The molecule has 2 heterocycles. The van der Waals surface area contributed by atoms with Crippen molar-refractivity contribution in [3.8, 4) is 0 Å². The van der Waals surface area contributed by atoms with E-state index in [0.717, 1.165) is 50.1 Å². The molecular weight excluding hydrogens is 380 g/mol. The van der Waals surface area contributed by atoms with Gasteiger partial charge in [0, 0.05) is 30.4 Å². The number of rotatable bonds is 5. The van der Waals surface area contributed by atoms with Crippen LogP contribution in [0.5, 0.6) is 0 Å². The number of nitrogens with one attached hydrogen (secondary N) is 1. The molecule has 1 aliphatic carbocycles. The Hall–Kier alpha value is -2.14. The molecule has 0 spiro atoms. The van der Waals surface area contributed by atoms with E-state index in [1.54, 1.807) is 11.3 Å². The van der Waals surface area contributed by atoms with Gasteiger partial charge in [0.1, 0.15) is 0 Å². The summed E-state index contributed by atoms with van der Waals surface area (Å²) in [6, 6.07) is 12.4. The van der Waals surface area contributed by atoms with E-state index in [2.05, 4.69) is 23.5 Å². The number of aryl methyl sites for hydroxylation is 3. The Balaban J connectivity index is 1.24. The molecule has 1 aromatic carbocycles. The number of hydrogen-bond donors (Lipinski definition) is 1. The lowest BCUT2D eigenvalue weighted by molar-refractivity contribution is -0.122. The molecule has 2 aliphatic rings. The number of piperidine rings is 1. The molecule has 4 rings (SSSR count). The predicted octanol–water partition coefficient (Wildman–Crippen LogP) is 4.37. The van der Waals surface area contributed by atoms with E-state index in [4.69, 9.17) is 0 Å². The van der Waals surface area contributed by atoms with Gasteiger partial charge in [-0.15, -0.1) is 11.3 Å². The summed E-state index contributed by atoms with van der Waals surface area (Å²) in [5.74, 6) is 0.289. The summed E-state index contributed by atoms with van der Waals surface area (Å²) in [4.78, 5) is 29.5. The Labute approximate surface area is 177 Å². The Kier molecular flexibility index (Phi) is 6.65. The SMILES string of the molecule is O=C(CCc1ccccc1)NC1CCN(C(=O)c2cc3c(s2)CCCCC3)CC1. The van der Waals surface area contributed by atoms with Crippen LogP contribution in [-0.2, 0) is 24.1 Å². The van der Waals surface area contributed by atoms with E-state index in [1.165, 1.54) is 35.3 Å². The standard InChI is InChI=1S/C24H30N2O2S/c27-23(12-11-18-7-3-1-4-8-18)25-20-13-15-26(16-14-20)24(28)22-17-19-9-5-2-6-10-21(19)29-22/h1,3-4,7-8,17,20H,2,5-6,9-16H2,(H,25,27). The fraction of sp³-hybridized carbons (Fsp3) is 0.500. The summed E-state index contributed by atoms with van der Waals surface area (Å²) in [5.41, 5.74) is 2.59. The summed E-state index contributed by atoms with van der Waals surface area (Å²) >= 11 is 1.71. The minimum absolute atomic E-state index is 0.112. The van der Waals surface area contributed by atoms with Crippen molar-refractivity contribution in [2.75, 3.05) is 13.1 Å². The van der Waals surface area contributed by atoms with Crippen LogP contribution < -0.4 is 5.32 Å². The highest BCUT2D eigenvalue weighted by Crippen LogP contribution is 2.30. The average Bonchev–Trinajstić information content (AvgIpc) is 3.03. The number of benzene rings is 1. The third-order valence-corrected chi connectivity index (χ3v) is 7.31. The van der Waals surface area contributed by atoms with Crippen molar-refractivity contribution in [3.05, 3.63) is 57.3 Å². The Morgan fingerprint density at radius 2 is 1.79 bits per heavy atom. The molecule has 2 amide bonds. The lowest BCUT2D eigenvalue weighted by atomic mass is 10.0. The van der Waals surface area contributed by atoms with Crippen molar-refractivity contribution in [3.63, 3.8) is 0 Å². The van der Waals surface area contributed by atoms with Crippen molar-refractivity contribution in [2.45, 2.75) is 63.8 Å². The maximum absolute atomic E-state index is 12.9. The molecule has 0 radical (unpaired) electrons. The molecule has 0 saturated carbocycles. The van der Waals surface area contributed by atoms with Crippen LogP contribution in [0.15, 0.2) is 36.4 Å². The van der Waals surface area contributed by atoms with E-state index in [1.807, 2.05) is 23.1 Å². The quantitative estimate of drug-likeness (QED) is 0.744. The molecule has 29 heavy (non-hydrogen) atoms. The van der Waals surface area contributed by atoms with Crippen molar-refractivity contribution in [1.29, 1.82) is 0 Å².